The first kappa shape index (κ1) is 22.8. The highest BCUT2D eigenvalue weighted by molar-refractivity contribution is 8.20. The van der Waals surface area contributed by atoms with Crippen LogP contribution in [0.2, 0.25) is 0 Å². The zero-order valence-electron chi connectivity index (χ0n) is 20.1. The van der Waals surface area contributed by atoms with E-state index in [1.807, 2.05) is 80.7 Å². The maximum atomic E-state index is 14.0. The van der Waals surface area contributed by atoms with Crippen molar-refractivity contribution in [1.82, 2.24) is 0 Å². The monoisotopic (exact) mass is 509 g/mol. The van der Waals surface area contributed by atoms with Gasteiger partial charge in [-0.3, -0.25) is 9.69 Å². The van der Waals surface area contributed by atoms with Crippen LogP contribution in [-0.4, -0.2) is 25.2 Å². The normalized spacial score (nSPS) is 18.4. The third-order valence-electron chi connectivity index (χ3n) is 6.26. The fourth-order valence-electron chi connectivity index (χ4n) is 4.43. The van der Waals surface area contributed by atoms with Crippen LogP contribution in [0.15, 0.2) is 105 Å². The van der Waals surface area contributed by atoms with Crippen LogP contribution in [0.5, 0.6) is 5.75 Å². The first-order valence-corrected chi connectivity index (χ1v) is 13.2. The Balaban J connectivity index is 1.49. The number of benzene rings is 4. The van der Waals surface area contributed by atoms with Crippen molar-refractivity contribution in [2.45, 2.75) is 11.8 Å². The van der Waals surface area contributed by atoms with Gasteiger partial charge in [0, 0.05) is 23.4 Å². The molecule has 4 aromatic rings. The molecular formula is C29H23N3O2S2. The summed E-state index contributed by atoms with van der Waals surface area (Å²) in [6.45, 7) is 2.03. The number of ether oxygens (including phenoxy) is 1. The average molecular weight is 510 g/mol. The maximum Gasteiger partial charge on any atom is 0.274 e. The average Bonchev–Trinajstić information content (AvgIpc) is 3.39. The highest BCUT2D eigenvalue weighted by Crippen LogP contribution is 2.51. The van der Waals surface area contributed by atoms with Gasteiger partial charge in [-0.25, -0.2) is 4.99 Å². The first-order chi connectivity index (χ1) is 17.5. The Hall–Kier alpha value is -3.68. The van der Waals surface area contributed by atoms with Crippen molar-refractivity contribution in [3.05, 3.63) is 100 Å². The van der Waals surface area contributed by atoms with Crippen LogP contribution in [-0.2, 0) is 4.79 Å². The topological polar surface area (TPSA) is 45.1 Å². The maximum absolute atomic E-state index is 14.0. The predicted molar refractivity (Wildman–Crippen MR) is 152 cm³/mol. The van der Waals surface area contributed by atoms with E-state index < -0.39 is 0 Å². The number of amidine groups is 1. The van der Waals surface area contributed by atoms with Crippen LogP contribution in [0.1, 0.15) is 5.56 Å². The van der Waals surface area contributed by atoms with E-state index in [4.69, 9.17) is 9.73 Å². The molecule has 2 aliphatic rings. The smallest absolute Gasteiger partial charge is 0.274 e. The summed E-state index contributed by atoms with van der Waals surface area (Å²) in [5.74, 6) is 0.719. The molecule has 0 N–H and O–H groups in total. The van der Waals surface area contributed by atoms with Gasteiger partial charge in [-0.15, -0.1) is 0 Å². The van der Waals surface area contributed by atoms with Crippen molar-refractivity contribution in [1.29, 1.82) is 0 Å². The molecule has 7 heteroatoms. The second kappa shape index (κ2) is 9.08. The molecule has 6 rings (SSSR count). The zero-order valence-corrected chi connectivity index (χ0v) is 21.7. The second-order valence-corrected chi connectivity index (χ2v) is 10.6. The molecule has 0 aromatic heterocycles. The fourth-order valence-corrected chi connectivity index (χ4v) is 6.75. The molecule has 0 unspecified atom stereocenters. The van der Waals surface area contributed by atoms with E-state index in [-0.39, 0.29) is 5.91 Å². The van der Waals surface area contributed by atoms with E-state index in [0.29, 0.717) is 10.1 Å². The zero-order chi connectivity index (χ0) is 24.8. The van der Waals surface area contributed by atoms with Crippen molar-refractivity contribution in [3.8, 4) is 5.75 Å². The van der Waals surface area contributed by atoms with Gasteiger partial charge in [-0.1, -0.05) is 60.3 Å². The van der Waals surface area contributed by atoms with Crippen LogP contribution in [0.4, 0.5) is 17.1 Å². The van der Waals surface area contributed by atoms with Gasteiger partial charge in [0.2, 0.25) is 0 Å². The molecule has 1 fully saturated rings. The number of fused-ring (bicyclic) bond motifs is 2. The Morgan fingerprint density at radius 2 is 1.69 bits per heavy atom. The minimum absolute atomic E-state index is 0.0706. The molecule has 0 radical (unpaired) electrons. The Morgan fingerprint density at radius 3 is 2.53 bits per heavy atom. The lowest BCUT2D eigenvalue weighted by Crippen LogP contribution is -2.29. The van der Waals surface area contributed by atoms with Crippen LogP contribution in [0.3, 0.4) is 0 Å². The number of carbonyl (C=O) groups is 1. The number of amides is 1. The fraction of sp³-hybridized carbons (Fsp3) is 0.103. The van der Waals surface area contributed by atoms with Crippen molar-refractivity contribution in [3.63, 3.8) is 0 Å². The molecule has 2 aliphatic heterocycles. The highest BCUT2D eigenvalue weighted by atomic mass is 32.2. The quantitative estimate of drug-likeness (QED) is 0.271. The van der Waals surface area contributed by atoms with Gasteiger partial charge in [-0.05, 0) is 60.0 Å². The number of aliphatic imine (C=N–C) groups is 1. The molecule has 0 bridgehead atoms. The Bertz CT molecular complexity index is 1590. The van der Waals surface area contributed by atoms with Crippen LogP contribution in [0, 0.1) is 6.92 Å². The molecule has 0 saturated carbocycles. The molecule has 36 heavy (non-hydrogen) atoms. The third-order valence-corrected chi connectivity index (χ3v) is 8.65. The van der Waals surface area contributed by atoms with Crippen molar-refractivity contribution < 1.29 is 9.53 Å². The van der Waals surface area contributed by atoms with Gasteiger partial charge in [0.15, 0.2) is 5.17 Å². The number of carbonyl (C=O) groups excluding carboxylic acids is 1. The lowest BCUT2D eigenvalue weighted by molar-refractivity contribution is -0.113. The second-order valence-electron chi connectivity index (χ2n) is 8.60. The Morgan fingerprint density at radius 1 is 0.889 bits per heavy atom. The van der Waals surface area contributed by atoms with Crippen molar-refractivity contribution >= 4 is 62.4 Å². The van der Waals surface area contributed by atoms with E-state index in [0.717, 1.165) is 49.1 Å². The number of hydrogen-bond donors (Lipinski definition) is 0. The number of thioether (sulfide) groups is 2. The molecule has 1 saturated heterocycles. The van der Waals surface area contributed by atoms with Gasteiger partial charge in [0.05, 0.1) is 29.2 Å². The summed E-state index contributed by atoms with van der Waals surface area (Å²) in [5, 5.41) is 3.71. The largest absolute Gasteiger partial charge is 0.497 e. The van der Waals surface area contributed by atoms with Crippen LogP contribution < -0.4 is 14.5 Å². The van der Waals surface area contributed by atoms with Crippen molar-refractivity contribution in [2.24, 2.45) is 4.99 Å². The number of nitrogens with zero attached hydrogens (tertiary/aromatic N) is 3. The van der Waals surface area contributed by atoms with Gasteiger partial charge in [0.1, 0.15) is 10.7 Å². The van der Waals surface area contributed by atoms with E-state index in [2.05, 4.69) is 23.1 Å². The molecule has 5 nitrogen and oxygen atoms in total. The minimum Gasteiger partial charge on any atom is -0.497 e. The van der Waals surface area contributed by atoms with E-state index in [1.54, 1.807) is 23.8 Å². The summed E-state index contributed by atoms with van der Waals surface area (Å²) in [4.78, 5) is 24.6. The number of hydrogen-bond acceptors (Lipinski definition) is 6. The third kappa shape index (κ3) is 3.85. The van der Waals surface area contributed by atoms with Gasteiger partial charge < -0.3 is 9.64 Å². The summed E-state index contributed by atoms with van der Waals surface area (Å²) in [6, 6.07) is 28.2. The number of aryl methyl sites for hydroxylation is 1. The predicted octanol–water partition coefficient (Wildman–Crippen LogP) is 7.34. The first-order valence-electron chi connectivity index (χ1n) is 11.5. The molecule has 2 heterocycles. The summed E-state index contributed by atoms with van der Waals surface area (Å²) in [7, 11) is 3.65. The van der Waals surface area contributed by atoms with Crippen molar-refractivity contribution in [2.75, 3.05) is 24.0 Å². The number of rotatable bonds is 3. The van der Waals surface area contributed by atoms with E-state index in [1.165, 1.54) is 11.8 Å². The number of anilines is 2. The number of methoxy groups -OCH3 is 1. The van der Waals surface area contributed by atoms with Crippen LogP contribution >= 0.6 is 23.5 Å². The van der Waals surface area contributed by atoms with Gasteiger partial charge in [0.25, 0.3) is 5.91 Å². The van der Waals surface area contributed by atoms with E-state index >= 15 is 0 Å². The van der Waals surface area contributed by atoms with Crippen LogP contribution in [0.25, 0.3) is 10.8 Å². The molecule has 4 aromatic carbocycles. The molecule has 0 aliphatic carbocycles. The van der Waals surface area contributed by atoms with Gasteiger partial charge in [-0.2, -0.15) is 0 Å². The summed E-state index contributed by atoms with van der Waals surface area (Å²) in [5.41, 5.74) is 3.76. The molecule has 0 atom stereocenters. The SMILES string of the molecule is COc1ccc2c(c1)N(C)C(=C1SC(=Nc3cccc4ccccc34)N(c3cccc(C)c3)C1=O)S2. The summed E-state index contributed by atoms with van der Waals surface area (Å²) < 4.78 is 5.42. The lowest BCUT2D eigenvalue weighted by atomic mass is 10.1. The summed E-state index contributed by atoms with van der Waals surface area (Å²) in [6.07, 6.45) is 0. The Kier molecular flexibility index (Phi) is 5.74. The summed E-state index contributed by atoms with van der Waals surface area (Å²) >= 11 is 3.03. The molecular weight excluding hydrogens is 486 g/mol. The highest BCUT2D eigenvalue weighted by Gasteiger charge is 2.40. The Labute approximate surface area is 218 Å². The minimum atomic E-state index is -0.0706. The van der Waals surface area contributed by atoms with E-state index in [9.17, 15) is 4.79 Å². The van der Waals surface area contributed by atoms with Gasteiger partial charge >= 0.3 is 0 Å². The molecule has 0 spiro atoms. The molecule has 1 amide bonds. The lowest BCUT2D eigenvalue weighted by Gasteiger charge is -2.17. The molecule has 178 valence electrons. The standard InChI is InChI=1S/C29H23N3O2S2/c1-18-8-6-11-20(16-18)32-27(33)26(28-31(2)24-17-21(34-3)14-15-25(24)35-28)36-29(32)30-23-13-7-10-19-9-4-5-12-22(19)23/h4-17H,1-3H3.